The van der Waals surface area contributed by atoms with Crippen molar-refractivity contribution in [3.05, 3.63) is 34.9 Å². The first-order chi connectivity index (χ1) is 15.9. The van der Waals surface area contributed by atoms with E-state index in [-0.39, 0.29) is 18.2 Å². The van der Waals surface area contributed by atoms with Crippen LogP contribution in [0.2, 0.25) is 0 Å². The number of para-hydroxylation sites is 1. The molecule has 3 N–H and O–H groups in total. The van der Waals surface area contributed by atoms with Gasteiger partial charge in [0.1, 0.15) is 30.3 Å². The highest BCUT2D eigenvalue weighted by Crippen LogP contribution is 2.45. The molecular weight excluding hydrogens is 437 g/mol. The van der Waals surface area contributed by atoms with Crippen molar-refractivity contribution in [2.75, 3.05) is 39.3 Å². The van der Waals surface area contributed by atoms with Crippen LogP contribution in [0.25, 0.3) is 0 Å². The van der Waals surface area contributed by atoms with Crippen LogP contribution >= 0.6 is 0 Å². The van der Waals surface area contributed by atoms with Crippen molar-refractivity contribution in [1.29, 1.82) is 5.41 Å². The topological polar surface area (TPSA) is 129 Å². The summed E-state index contributed by atoms with van der Waals surface area (Å²) in [5, 5.41) is 13.3. The fourth-order valence-corrected chi connectivity index (χ4v) is 3.77. The summed E-state index contributed by atoms with van der Waals surface area (Å²) < 4.78 is 43.8. The zero-order valence-corrected chi connectivity index (χ0v) is 18.5. The number of nitrogens with zero attached hydrogens (tertiary/aromatic N) is 2. The molecule has 2 aliphatic rings. The van der Waals surface area contributed by atoms with Gasteiger partial charge in [-0.15, -0.1) is 0 Å². The van der Waals surface area contributed by atoms with Gasteiger partial charge < -0.3 is 34.3 Å². The summed E-state index contributed by atoms with van der Waals surface area (Å²) in [4.78, 5) is 16.8. The first-order valence-electron chi connectivity index (χ1n) is 10.4. The predicted octanol–water partition coefficient (Wildman–Crippen LogP) is 1.96. The van der Waals surface area contributed by atoms with E-state index in [0.29, 0.717) is 36.2 Å². The van der Waals surface area contributed by atoms with E-state index in [1.54, 1.807) is 25.1 Å². The Balaban J connectivity index is 1.56. The van der Waals surface area contributed by atoms with Gasteiger partial charge in [0.15, 0.2) is 29.7 Å². The van der Waals surface area contributed by atoms with Gasteiger partial charge in [-0.3, -0.25) is 9.98 Å². The third kappa shape index (κ3) is 4.63. The van der Waals surface area contributed by atoms with Crippen molar-refractivity contribution in [3.63, 3.8) is 0 Å². The van der Waals surface area contributed by atoms with E-state index < -0.39 is 30.3 Å². The van der Waals surface area contributed by atoms with Gasteiger partial charge in [0.2, 0.25) is 0 Å². The van der Waals surface area contributed by atoms with Gasteiger partial charge in [0.05, 0.1) is 25.2 Å². The summed E-state index contributed by atoms with van der Waals surface area (Å²) in [6, 6.07) is 5.24. The maximum atomic E-state index is 15.0. The lowest BCUT2D eigenvalue weighted by molar-refractivity contribution is -0.0625. The van der Waals surface area contributed by atoms with Gasteiger partial charge in [-0.1, -0.05) is 6.07 Å². The number of benzene rings is 1. The second-order valence-electron chi connectivity index (χ2n) is 7.57. The van der Waals surface area contributed by atoms with Gasteiger partial charge >= 0.3 is 5.69 Å². The Bertz CT molecular complexity index is 1080. The standard InChI is InChI=1S/C21H26FN5O6/c1-11(23)24-7-8-31-12-5-4-6-13-17(12)25-19-14(32-13)9-27(21(28)26-19)20-16(22)18(30-3)15(33-20)10-29-2/h4-6,9,15-16,18,20H,7-8,10H2,1-3H3,(H2,23,24)(H,25,26,28)/t15-,16?,18-,20-/m1/s1. The normalized spacial score (nSPS) is 23.2. The number of fused-ring (bicyclic) bond motifs is 2. The van der Waals surface area contributed by atoms with E-state index in [9.17, 15) is 4.79 Å². The molecule has 0 aliphatic carbocycles. The van der Waals surface area contributed by atoms with Crippen molar-refractivity contribution in [1.82, 2.24) is 14.9 Å². The molecule has 2 aromatic rings. The maximum Gasteiger partial charge on any atom is 0.352 e. The van der Waals surface area contributed by atoms with E-state index in [0.717, 1.165) is 4.57 Å². The zero-order valence-electron chi connectivity index (χ0n) is 18.5. The van der Waals surface area contributed by atoms with Crippen LogP contribution in [0.1, 0.15) is 13.2 Å². The first kappa shape index (κ1) is 23.0. The highest BCUT2D eigenvalue weighted by atomic mass is 19.1. The molecule has 1 unspecified atom stereocenters. The Morgan fingerprint density at radius 3 is 2.91 bits per heavy atom. The average molecular weight is 463 g/mol. The number of ether oxygens (including phenoxy) is 5. The summed E-state index contributed by atoms with van der Waals surface area (Å²) >= 11 is 0. The van der Waals surface area contributed by atoms with Crippen molar-refractivity contribution >= 4 is 17.3 Å². The number of alkyl halides is 1. The second kappa shape index (κ2) is 9.73. The van der Waals surface area contributed by atoms with Gasteiger partial charge in [0.25, 0.3) is 0 Å². The lowest BCUT2D eigenvalue weighted by Gasteiger charge is -2.24. The van der Waals surface area contributed by atoms with E-state index >= 15 is 4.39 Å². The highest BCUT2D eigenvalue weighted by Gasteiger charge is 2.47. The number of hydrogen-bond acceptors (Lipinski definition) is 9. The van der Waals surface area contributed by atoms with Crippen LogP contribution in [0.5, 0.6) is 17.2 Å². The monoisotopic (exact) mass is 463 g/mol. The lowest BCUT2D eigenvalue weighted by Crippen LogP contribution is -2.35. The van der Waals surface area contributed by atoms with E-state index in [4.69, 9.17) is 29.1 Å². The molecule has 0 radical (unpaired) electrons. The van der Waals surface area contributed by atoms with Gasteiger partial charge in [0, 0.05) is 14.2 Å². The van der Waals surface area contributed by atoms with Crippen LogP contribution in [0.15, 0.2) is 29.2 Å². The molecule has 1 aromatic carbocycles. The third-order valence-electron chi connectivity index (χ3n) is 5.26. The number of hydrogen-bond donors (Lipinski definition) is 3. The van der Waals surface area contributed by atoms with Crippen LogP contribution in [-0.4, -0.2) is 67.7 Å². The summed E-state index contributed by atoms with van der Waals surface area (Å²) in [7, 11) is 2.86. The minimum Gasteiger partial charge on any atom is -0.489 e. The Morgan fingerprint density at radius 2 is 2.18 bits per heavy atom. The molecule has 3 heterocycles. The molecule has 2 aliphatic heterocycles. The number of methoxy groups -OCH3 is 2. The van der Waals surface area contributed by atoms with Gasteiger partial charge in [-0.25, -0.2) is 9.18 Å². The SMILES string of the molecule is COC[C@H]1O[C@@H](n2cc3c(nc2=O)Nc2c(OCCNC(C)=N)cccc2O3)C(F)[C@@H]1OC. The van der Waals surface area contributed by atoms with E-state index in [1.807, 2.05) is 0 Å². The smallest absolute Gasteiger partial charge is 0.352 e. The molecule has 4 atom stereocenters. The largest absolute Gasteiger partial charge is 0.489 e. The van der Waals surface area contributed by atoms with Crippen molar-refractivity contribution in [3.8, 4) is 17.2 Å². The Labute approximate surface area is 189 Å². The summed E-state index contributed by atoms with van der Waals surface area (Å²) in [6.07, 6.45) is -3.03. The Kier molecular flexibility index (Phi) is 6.77. The molecule has 1 saturated heterocycles. The fourth-order valence-electron chi connectivity index (χ4n) is 3.77. The van der Waals surface area contributed by atoms with Crippen molar-refractivity contribution < 1.29 is 28.1 Å². The summed E-state index contributed by atoms with van der Waals surface area (Å²) in [5.74, 6) is 1.72. The minimum atomic E-state index is -1.60. The zero-order chi connectivity index (χ0) is 23.5. The molecule has 0 spiro atoms. The first-order valence-corrected chi connectivity index (χ1v) is 10.4. The number of anilines is 2. The predicted molar refractivity (Wildman–Crippen MR) is 117 cm³/mol. The number of amidine groups is 1. The molecule has 178 valence electrons. The molecule has 1 aromatic heterocycles. The highest BCUT2D eigenvalue weighted by molar-refractivity contribution is 5.77. The van der Waals surface area contributed by atoms with Crippen molar-refractivity contribution in [2.45, 2.75) is 31.5 Å². The number of aromatic nitrogens is 2. The van der Waals surface area contributed by atoms with E-state index in [1.165, 1.54) is 20.4 Å². The average Bonchev–Trinajstić information content (AvgIpc) is 3.10. The molecule has 0 saturated carbocycles. The summed E-state index contributed by atoms with van der Waals surface area (Å²) in [6.45, 7) is 2.53. The molecular formula is C21H26FN5O6. The maximum absolute atomic E-state index is 15.0. The van der Waals surface area contributed by atoms with Crippen LogP contribution in [-0.2, 0) is 14.2 Å². The molecule has 4 rings (SSSR count). The number of halogens is 1. The van der Waals surface area contributed by atoms with E-state index in [2.05, 4.69) is 15.6 Å². The Hall–Kier alpha value is -3.22. The second-order valence-corrected chi connectivity index (χ2v) is 7.57. The van der Waals surface area contributed by atoms with Crippen molar-refractivity contribution in [2.24, 2.45) is 0 Å². The lowest BCUT2D eigenvalue weighted by atomic mass is 10.1. The molecule has 1 fully saturated rings. The molecule has 0 amide bonds. The minimum absolute atomic E-state index is 0.117. The fraction of sp³-hybridized carbons (Fsp3) is 0.476. The third-order valence-corrected chi connectivity index (χ3v) is 5.26. The Morgan fingerprint density at radius 1 is 1.36 bits per heavy atom. The van der Waals surface area contributed by atoms with Crippen LogP contribution in [0.4, 0.5) is 15.9 Å². The molecule has 12 heteroatoms. The number of rotatable bonds is 8. The molecule has 33 heavy (non-hydrogen) atoms. The number of nitrogens with one attached hydrogen (secondary N) is 3. The molecule has 0 bridgehead atoms. The van der Waals surface area contributed by atoms with Gasteiger partial charge in [-0.2, -0.15) is 4.98 Å². The van der Waals surface area contributed by atoms with Gasteiger partial charge in [-0.05, 0) is 19.1 Å². The van der Waals surface area contributed by atoms with Crippen LogP contribution in [0, 0.1) is 5.41 Å². The summed E-state index contributed by atoms with van der Waals surface area (Å²) in [5.41, 5.74) is -0.195. The van der Waals surface area contributed by atoms with Crippen LogP contribution < -0.4 is 25.8 Å². The van der Waals surface area contributed by atoms with Crippen LogP contribution in [0.3, 0.4) is 0 Å². The molecule has 11 nitrogen and oxygen atoms in total. The quantitative estimate of drug-likeness (QED) is 0.261.